The molecule has 0 saturated heterocycles. The molecule has 0 fully saturated rings. The van der Waals surface area contributed by atoms with E-state index in [0.29, 0.717) is 6.54 Å². The van der Waals surface area contributed by atoms with Crippen molar-refractivity contribution < 1.29 is 9.59 Å². The lowest BCUT2D eigenvalue weighted by Gasteiger charge is -2.01. The van der Waals surface area contributed by atoms with Gasteiger partial charge in [0.05, 0.1) is 12.2 Å². The van der Waals surface area contributed by atoms with E-state index in [1.807, 2.05) is 41.2 Å². The summed E-state index contributed by atoms with van der Waals surface area (Å²) >= 11 is 0. The first-order valence-corrected chi connectivity index (χ1v) is 6.70. The highest BCUT2D eigenvalue weighted by atomic mass is 16.2. The minimum atomic E-state index is -0.682. The zero-order chi connectivity index (χ0) is 15.4. The van der Waals surface area contributed by atoms with Gasteiger partial charge >= 0.3 is 0 Å². The molecule has 3 rings (SSSR count). The first kappa shape index (κ1) is 13.9. The topological polar surface area (TPSA) is 93.5 Å². The molecule has 0 radical (unpaired) electrons. The number of pyridine rings is 1. The zero-order valence-electron chi connectivity index (χ0n) is 11.6. The Bertz CT molecular complexity index is 777. The second-order valence-corrected chi connectivity index (χ2v) is 4.76. The largest absolute Gasteiger partial charge is 0.348 e. The third-order valence-electron chi connectivity index (χ3n) is 3.12. The van der Waals surface area contributed by atoms with Crippen LogP contribution in [0.25, 0.3) is 0 Å². The maximum Gasteiger partial charge on any atom is 0.267 e. The van der Waals surface area contributed by atoms with Crippen LogP contribution in [0.15, 0.2) is 49.2 Å². The van der Waals surface area contributed by atoms with E-state index in [1.165, 1.54) is 6.33 Å². The number of carbonyl (C=O) groups excluding carboxylic acids is 2. The molecule has 22 heavy (non-hydrogen) atoms. The molecule has 0 aliphatic carbocycles. The lowest BCUT2D eigenvalue weighted by molar-refractivity contribution is -0.114. The number of carbonyl (C=O) groups is 2. The molecule has 110 valence electrons. The van der Waals surface area contributed by atoms with Crippen molar-refractivity contribution in [1.29, 1.82) is 0 Å². The summed E-state index contributed by atoms with van der Waals surface area (Å²) in [7, 11) is 0. The third-order valence-corrected chi connectivity index (χ3v) is 3.12. The summed E-state index contributed by atoms with van der Waals surface area (Å²) in [5, 5.41) is 6.04. The lowest BCUT2D eigenvalue weighted by atomic mass is 10.1. The van der Waals surface area contributed by atoms with Crippen molar-refractivity contribution in [3.63, 3.8) is 0 Å². The molecule has 3 aromatic rings. The Morgan fingerprint density at radius 2 is 2.09 bits per heavy atom. The van der Waals surface area contributed by atoms with Crippen LogP contribution in [0.1, 0.15) is 21.9 Å². The number of nitrogens with one attached hydrogen (secondary N) is 1. The second kappa shape index (κ2) is 6.13. The van der Waals surface area contributed by atoms with E-state index in [4.69, 9.17) is 0 Å². The minimum absolute atomic E-state index is 0.0303. The molecular weight excluding hydrogens is 282 g/mol. The Morgan fingerprint density at radius 3 is 2.82 bits per heavy atom. The van der Waals surface area contributed by atoms with Crippen molar-refractivity contribution in [2.24, 2.45) is 0 Å². The smallest absolute Gasteiger partial charge is 0.267 e. The van der Waals surface area contributed by atoms with Crippen LogP contribution in [0.2, 0.25) is 0 Å². The van der Waals surface area contributed by atoms with Crippen LogP contribution in [0, 0.1) is 0 Å². The summed E-state index contributed by atoms with van der Waals surface area (Å²) in [6.07, 6.45) is 6.72. The maximum absolute atomic E-state index is 11.9. The van der Waals surface area contributed by atoms with Crippen molar-refractivity contribution in [1.82, 2.24) is 24.7 Å². The summed E-state index contributed by atoms with van der Waals surface area (Å²) in [6.45, 7) is 0.615. The van der Waals surface area contributed by atoms with E-state index < -0.39 is 11.6 Å². The van der Waals surface area contributed by atoms with Gasteiger partial charge < -0.3 is 4.57 Å². The fraction of sp³-hybridized carbons (Fsp3) is 0.133. The van der Waals surface area contributed by atoms with Gasteiger partial charge in [0.2, 0.25) is 11.6 Å². The lowest BCUT2D eigenvalue weighted by Crippen LogP contribution is -2.18. The molecule has 0 aliphatic heterocycles. The first-order chi connectivity index (χ1) is 10.7. The summed E-state index contributed by atoms with van der Waals surface area (Å²) in [5.74, 6) is -1.31. The monoisotopic (exact) mass is 295 g/mol. The first-order valence-electron chi connectivity index (χ1n) is 6.70. The van der Waals surface area contributed by atoms with Crippen LogP contribution >= 0.6 is 0 Å². The van der Waals surface area contributed by atoms with Gasteiger partial charge in [0.25, 0.3) is 5.78 Å². The number of ketones is 2. The molecule has 3 aromatic heterocycles. The van der Waals surface area contributed by atoms with Crippen molar-refractivity contribution >= 4 is 11.6 Å². The van der Waals surface area contributed by atoms with E-state index in [-0.39, 0.29) is 12.2 Å². The molecule has 0 amide bonds. The predicted octanol–water partition coefficient (Wildman–Crippen LogP) is 1.04. The zero-order valence-corrected chi connectivity index (χ0v) is 11.6. The Hall–Kier alpha value is -3.09. The molecule has 0 atom stereocenters. The second-order valence-electron chi connectivity index (χ2n) is 4.76. The summed E-state index contributed by atoms with van der Waals surface area (Å²) in [6, 6.07) is 7.52. The number of Topliss-reactive ketones (excluding diaryl/α,β-unsaturated/α-hetero) is 2. The highest BCUT2D eigenvalue weighted by Crippen LogP contribution is 2.07. The van der Waals surface area contributed by atoms with Gasteiger partial charge in [0.1, 0.15) is 6.33 Å². The molecule has 3 heterocycles. The summed E-state index contributed by atoms with van der Waals surface area (Å²) < 4.78 is 1.92. The van der Waals surface area contributed by atoms with Crippen LogP contribution < -0.4 is 0 Å². The van der Waals surface area contributed by atoms with Crippen LogP contribution in [0.4, 0.5) is 0 Å². The fourth-order valence-corrected chi connectivity index (χ4v) is 2.08. The SMILES string of the molecule is O=C(Cc1ccn(Cc2ccccn2)c1)C(=O)c1nc[nH]n1. The molecule has 1 N–H and O–H groups in total. The number of rotatable bonds is 6. The van der Waals surface area contributed by atoms with Crippen molar-refractivity contribution in [2.45, 2.75) is 13.0 Å². The molecule has 7 heteroatoms. The number of hydrogen-bond acceptors (Lipinski definition) is 5. The van der Waals surface area contributed by atoms with Gasteiger partial charge in [0.15, 0.2) is 0 Å². The number of H-pyrrole nitrogens is 1. The van der Waals surface area contributed by atoms with Gasteiger partial charge in [-0.15, -0.1) is 5.10 Å². The molecule has 0 unspecified atom stereocenters. The standard InChI is InChI=1S/C15H13N5O2/c21-13(14(22)15-17-10-18-19-15)7-11-4-6-20(8-11)9-12-3-1-2-5-16-12/h1-6,8,10H,7,9H2,(H,17,18,19). The molecule has 0 bridgehead atoms. The maximum atomic E-state index is 11.9. The van der Waals surface area contributed by atoms with Crippen molar-refractivity contribution in [2.75, 3.05) is 0 Å². The molecule has 0 aliphatic rings. The molecule has 0 aromatic carbocycles. The fourth-order valence-electron chi connectivity index (χ4n) is 2.08. The predicted molar refractivity (Wildman–Crippen MR) is 77.2 cm³/mol. The van der Waals surface area contributed by atoms with Gasteiger partial charge in [-0.2, -0.15) is 0 Å². The molecule has 0 saturated carbocycles. The highest BCUT2D eigenvalue weighted by molar-refractivity contribution is 6.43. The number of aromatic nitrogens is 5. The Morgan fingerprint density at radius 1 is 1.18 bits per heavy atom. The third kappa shape index (κ3) is 3.14. The quantitative estimate of drug-likeness (QED) is 0.542. The van der Waals surface area contributed by atoms with E-state index in [9.17, 15) is 9.59 Å². The van der Waals surface area contributed by atoms with Gasteiger partial charge in [-0.25, -0.2) is 4.98 Å². The number of aromatic amines is 1. The normalized spacial score (nSPS) is 10.5. The van der Waals surface area contributed by atoms with Gasteiger partial charge in [-0.3, -0.25) is 19.7 Å². The Labute approximate surface area is 126 Å². The van der Waals surface area contributed by atoms with Gasteiger partial charge in [-0.1, -0.05) is 6.07 Å². The average molecular weight is 295 g/mol. The van der Waals surface area contributed by atoms with Crippen molar-refractivity contribution in [3.8, 4) is 0 Å². The van der Waals surface area contributed by atoms with Crippen molar-refractivity contribution in [3.05, 3.63) is 66.3 Å². The van der Waals surface area contributed by atoms with Gasteiger partial charge in [0, 0.05) is 25.0 Å². The molecular formula is C15H13N5O2. The van der Waals surface area contributed by atoms with Crippen LogP contribution in [-0.2, 0) is 17.8 Å². The summed E-state index contributed by atoms with van der Waals surface area (Å²) in [5.41, 5.74) is 1.69. The van der Waals surface area contributed by atoms with Crippen LogP contribution in [0.3, 0.4) is 0 Å². The van der Waals surface area contributed by atoms with Gasteiger partial charge in [-0.05, 0) is 23.8 Å². The summed E-state index contributed by atoms with van der Waals surface area (Å²) in [4.78, 5) is 31.6. The van der Waals surface area contributed by atoms with E-state index in [1.54, 1.807) is 6.20 Å². The molecule has 0 spiro atoms. The minimum Gasteiger partial charge on any atom is -0.348 e. The molecule has 7 nitrogen and oxygen atoms in total. The Kier molecular flexibility index (Phi) is 3.86. The van der Waals surface area contributed by atoms with E-state index in [2.05, 4.69) is 20.2 Å². The highest BCUT2D eigenvalue weighted by Gasteiger charge is 2.20. The van der Waals surface area contributed by atoms with E-state index >= 15 is 0 Å². The van der Waals surface area contributed by atoms with Crippen LogP contribution in [-0.4, -0.2) is 36.3 Å². The Balaban J connectivity index is 1.64. The van der Waals surface area contributed by atoms with Crippen LogP contribution in [0.5, 0.6) is 0 Å². The average Bonchev–Trinajstić information content (AvgIpc) is 3.19. The van der Waals surface area contributed by atoms with E-state index in [0.717, 1.165) is 11.3 Å². The number of hydrogen-bond donors (Lipinski definition) is 1. The number of nitrogens with zero attached hydrogens (tertiary/aromatic N) is 4.